The van der Waals surface area contributed by atoms with Crippen molar-refractivity contribution in [2.45, 2.75) is 13.8 Å². The van der Waals surface area contributed by atoms with Crippen LogP contribution >= 0.6 is 0 Å². The second-order valence-corrected chi connectivity index (χ2v) is 7.06. The summed E-state index contributed by atoms with van der Waals surface area (Å²) >= 11 is 0. The van der Waals surface area contributed by atoms with Crippen molar-refractivity contribution in [2.24, 2.45) is 5.92 Å². The Balaban J connectivity index is 1.46. The average Bonchev–Trinajstić information content (AvgIpc) is 2.75. The molecule has 0 aliphatic rings. The molecule has 154 valence electrons. The van der Waals surface area contributed by atoms with Crippen LogP contribution in [0.15, 0.2) is 78.9 Å². The molecule has 0 fully saturated rings. The zero-order chi connectivity index (χ0) is 21.3. The van der Waals surface area contributed by atoms with E-state index in [1.165, 1.54) is 0 Å². The molecule has 30 heavy (non-hydrogen) atoms. The highest BCUT2D eigenvalue weighted by atomic mass is 16.5. The van der Waals surface area contributed by atoms with Gasteiger partial charge >= 0.3 is 0 Å². The van der Waals surface area contributed by atoms with Gasteiger partial charge in [-0.25, -0.2) is 0 Å². The van der Waals surface area contributed by atoms with Crippen LogP contribution in [-0.4, -0.2) is 18.4 Å². The van der Waals surface area contributed by atoms with Crippen molar-refractivity contribution >= 4 is 28.9 Å². The Morgan fingerprint density at radius 3 is 1.90 bits per heavy atom. The maximum absolute atomic E-state index is 12.2. The van der Waals surface area contributed by atoms with E-state index in [-0.39, 0.29) is 24.3 Å². The molecule has 3 rings (SSSR count). The molecule has 0 atom stereocenters. The second-order valence-electron chi connectivity index (χ2n) is 7.06. The van der Waals surface area contributed by atoms with Gasteiger partial charge in [-0.05, 0) is 60.7 Å². The van der Waals surface area contributed by atoms with Crippen LogP contribution in [0.5, 0.6) is 11.5 Å². The summed E-state index contributed by atoms with van der Waals surface area (Å²) in [5.74, 6) is 1.18. The molecule has 3 aromatic rings. The first-order valence-electron chi connectivity index (χ1n) is 9.77. The van der Waals surface area contributed by atoms with E-state index >= 15 is 0 Å². The number of carbonyl (C=O) groups is 2. The van der Waals surface area contributed by atoms with Gasteiger partial charge in [0.25, 0.3) is 0 Å². The number of para-hydroxylation sites is 1. The summed E-state index contributed by atoms with van der Waals surface area (Å²) in [4.78, 5) is 23.9. The van der Waals surface area contributed by atoms with E-state index in [0.717, 1.165) is 17.1 Å². The number of nitrogens with one attached hydrogen (secondary N) is 3. The van der Waals surface area contributed by atoms with Crippen LogP contribution in [0.25, 0.3) is 0 Å². The second kappa shape index (κ2) is 10.1. The molecular formula is C24H25N3O3. The van der Waals surface area contributed by atoms with Gasteiger partial charge < -0.3 is 20.7 Å². The van der Waals surface area contributed by atoms with Crippen LogP contribution < -0.4 is 20.7 Å². The van der Waals surface area contributed by atoms with Crippen LogP contribution in [0.3, 0.4) is 0 Å². The molecule has 3 aromatic carbocycles. The first-order valence-corrected chi connectivity index (χ1v) is 9.77. The Morgan fingerprint density at radius 1 is 0.733 bits per heavy atom. The molecular weight excluding hydrogens is 378 g/mol. The fraction of sp³-hybridized carbons (Fsp3) is 0.167. The monoisotopic (exact) mass is 403 g/mol. The largest absolute Gasteiger partial charge is 0.457 e. The summed E-state index contributed by atoms with van der Waals surface area (Å²) in [5, 5.41) is 8.73. The molecule has 3 N–H and O–H groups in total. The zero-order valence-electron chi connectivity index (χ0n) is 17.0. The lowest BCUT2D eigenvalue weighted by Gasteiger charge is -2.11. The van der Waals surface area contributed by atoms with Gasteiger partial charge in [-0.1, -0.05) is 32.0 Å². The van der Waals surface area contributed by atoms with E-state index in [0.29, 0.717) is 11.4 Å². The van der Waals surface area contributed by atoms with Crippen LogP contribution in [0.4, 0.5) is 17.1 Å². The van der Waals surface area contributed by atoms with Gasteiger partial charge in [0.1, 0.15) is 11.5 Å². The lowest BCUT2D eigenvalue weighted by Crippen LogP contribution is -2.21. The smallest absolute Gasteiger partial charge is 0.243 e. The van der Waals surface area contributed by atoms with E-state index < -0.39 is 0 Å². The lowest BCUT2D eigenvalue weighted by molar-refractivity contribution is -0.119. The number of rotatable bonds is 8. The third-order valence-electron chi connectivity index (χ3n) is 4.25. The van der Waals surface area contributed by atoms with E-state index in [2.05, 4.69) is 16.0 Å². The third-order valence-corrected chi connectivity index (χ3v) is 4.25. The van der Waals surface area contributed by atoms with Crippen LogP contribution in [0.2, 0.25) is 0 Å². The zero-order valence-corrected chi connectivity index (χ0v) is 17.0. The van der Waals surface area contributed by atoms with Crippen molar-refractivity contribution in [3.63, 3.8) is 0 Å². The molecule has 0 radical (unpaired) electrons. The number of hydrogen-bond donors (Lipinski definition) is 3. The van der Waals surface area contributed by atoms with Gasteiger partial charge in [0.15, 0.2) is 0 Å². The molecule has 0 saturated heterocycles. The topological polar surface area (TPSA) is 79.5 Å². The molecule has 0 heterocycles. The molecule has 6 heteroatoms. The van der Waals surface area contributed by atoms with E-state index in [1.807, 2.05) is 56.3 Å². The molecule has 0 bridgehead atoms. The molecule has 0 aliphatic heterocycles. The number of ether oxygens (including phenoxy) is 1. The first-order chi connectivity index (χ1) is 14.5. The van der Waals surface area contributed by atoms with Crippen LogP contribution in [-0.2, 0) is 9.59 Å². The molecule has 0 spiro atoms. The van der Waals surface area contributed by atoms with Gasteiger partial charge in [-0.3, -0.25) is 9.59 Å². The van der Waals surface area contributed by atoms with Gasteiger partial charge in [0.05, 0.1) is 6.54 Å². The van der Waals surface area contributed by atoms with Crippen LogP contribution in [0, 0.1) is 5.92 Å². The van der Waals surface area contributed by atoms with Gasteiger partial charge in [0.2, 0.25) is 11.8 Å². The molecule has 0 aromatic heterocycles. The SMILES string of the molecule is CC(C)C(=O)Nc1ccc(NCC(=O)Nc2ccc(Oc3ccccc3)cc2)cc1. The minimum atomic E-state index is -0.163. The van der Waals surface area contributed by atoms with Crippen molar-refractivity contribution in [3.8, 4) is 11.5 Å². The first kappa shape index (κ1) is 20.9. The number of benzene rings is 3. The summed E-state index contributed by atoms with van der Waals surface area (Å²) < 4.78 is 5.74. The Morgan fingerprint density at radius 2 is 1.27 bits per heavy atom. The fourth-order valence-electron chi connectivity index (χ4n) is 2.58. The van der Waals surface area contributed by atoms with Crippen molar-refractivity contribution in [3.05, 3.63) is 78.9 Å². The van der Waals surface area contributed by atoms with Gasteiger partial charge in [-0.15, -0.1) is 0 Å². The van der Waals surface area contributed by atoms with E-state index in [9.17, 15) is 9.59 Å². The van der Waals surface area contributed by atoms with Crippen molar-refractivity contribution < 1.29 is 14.3 Å². The minimum Gasteiger partial charge on any atom is -0.457 e. The highest BCUT2D eigenvalue weighted by Crippen LogP contribution is 2.22. The Hall–Kier alpha value is -3.80. The maximum Gasteiger partial charge on any atom is 0.243 e. The average molecular weight is 403 g/mol. The Labute approximate surface area is 176 Å². The Bertz CT molecular complexity index is 969. The lowest BCUT2D eigenvalue weighted by atomic mass is 10.2. The van der Waals surface area contributed by atoms with E-state index in [1.54, 1.807) is 36.4 Å². The summed E-state index contributed by atoms with van der Waals surface area (Å²) in [7, 11) is 0. The quantitative estimate of drug-likeness (QED) is 0.487. The minimum absolute atomic E-state index is 0.0322. The molecule has 0 unspecified atom stereocenters. The van der Waals surface area contributed by atoms with Crippen molar-refractivity contribution in [1.82, 2.24) is 0 Å². The highest BCUT2D eigenvalue weighted by Gasteiger charge is 2.07. The van der Waals surface area contributed by atoms with Gasteiger partial charge in [-0.2, -0.15) is 0 Å². The predicted molar refractivity (Wildman–Crippen MR) is 120 cm³/mol. The highest BCUT2D eigenvalue weighted by molar-refractivity contribution is 5.94. The normalized spacial score (nSPS) is 10.4. The Kier molecular flexibility index (Phi) is 7.05. The van der Waals surface area contributed by atoms with Crippen molar-refractivity contribution in [2.75, 3.05) is 22.5 Å². The number of hydrogen-bond acceptors (Lipinski definition) is 4. The predicted octanol–water partition coefficient (Wildman–Crippen LogP) is 5.12. The van der Waals surface area contributed by atoms with Crippen molar-refractivity contribution in [1.29, 1.82) is 0 Å². The summed E-state index contributed by atoms with van der Waals surface area (Å²) in [6.45, 7) is 3.81. The molecule has 6 nitrogen and oxygen atoms in total. The standard InChI is InChI=1S/C24H25N3O3/c1-17(2)24(29)27-20-10-8-18(9-11-20)25-16-23(28)26-19-12-14-22(15-13-19)30-21-6-4-3-5-7-21/h3-15,17,25H,16H2,1-2H3,(H,26,28)(H,27,29). The van der Waals surface area contributed by atoms with Gasteiger partial charge in [0, 0.05) is 23.0 Å². The number of anilines is 3. The fourth-order valence-corrected chi connectivity index (χ4v) is 2.58. The summed E-state index contributed by atoms with van der Waals surface area (Å²) in [5.41, 5.74) is 2.20. The molecule has 2 amide bonds. The number of carbonyl (C=O) groups excluding carboxylic acids is 2. The summed E-state index contributed by atoms with van der Waals surface area (Å²) in [6.07, 6.45) is 0. The molecule has 0 saturated carbocycles. The van der Waals surface area contributed by atoms with E-state index in [4.69, 9.17) is 4.74 Å². The van der Waals surface area contributed by atoms with Crippen LogP contribution in [0.1, 0.15) is 13.8 Å². The maximum atomic E-state index is 12.2. The molecule has 0 aliphatic carbocycles. The summed E-state index contributed by atoms with van der Waals surface area (Å²) in [6, 6.07) is 23.9. The number of amides is 2. The third kappa shape index (κ3) is 6.38.